The molecule has 2 aromatic rings. The molecular formula is C17H25N3O3. The molecule has 6 heteroatoms. The molecule has 1 aromatic carbocycles. The third-order valence-corrected chi connectivity index (χ3v) is 4.10. The molecule has 0 radical (unpaired) electrons. The number of ether oxygens (including phenoxy) is 2. The molecule has 0 saturated carbocycles. The molecule has 0 spiro atoms. The number of rotatable bonds is 7. The van der Waals surface area contributed by atoms with Crippen LogP contribution >= 0.6 is 0 Å². The van der Waals surface area contributed by atoms with E-state index in [1.54, 1.807) is 18.9 Å². The number of aliphatic hydroxyl groups excluding tert-OH is 1. The molecule has 0 fully saturated rings. The lowest BCUT2D eigenvalue weighted by Crippen LogP contribution is -2.27. The maximum atomic E-state index is 9.83. The molecule has 23 heavy (non-hydrogen) atoms. The van der Waals surface area contributed by atoms with E-state index in [2.05, 4.69) is 10.00 Å². The lowest BCUT2D eigenvalue weighted by molar-refractivity contribution is 0.141. The molecule has 1 atom stereocenters. The first-order chi connectivity index (χ1) is 11.0. The highest BCUT2D eigenvalue weighted by Crippen LogP contribution is 2.27. The predicted octanol–water partition coefficient (Wildman–Crippen LogP) is 1.91. The van der Waals surface area contributed by atoms with E-state index in [4.69, 9.17) is 9.47 Å². The van der Waals surface area contributed by atoms with Crippen molar-refractivity contribution in [2.75, 3.05) is 27.9 Å². The van der Waals surface area contributed by atoms with E-state index in [1.165, 1.54) is 0 Å². The normalized spacial score (nSPS) is 12.5. The summed E-state index contributed by atoms with van der Waals surface area (Å²) in [5.74, 6) is 1.55. The summed E-state index contributed by atoms with van der Waals surface area (Å²) in [6.07, 6.45) is 0. The van der Waals surface area contributed by atoms with Crippen LogP contribution in [0.1, 0.15) is 22.9 Å². The molecule has 0 amide bonds. The summed E-state index contributed by atoms with van der Waals surface area (Å²) in [6, 6.07) is 7.65. The van der Waals surface area contributed by atoms with Gasteiger partial charge in [-0.1, -0.05) is 12.1 Å². The Morgan fingerprint density at radius 1 is 1.22 bits per heavy atom. The van der Waals surface area contributed by atoms with Crippen molar-refractivity contribution in [3.8, 4) is 11.6 Å². The number of aryl methyl sites for hydroxylation is 2. The zero-order valence-electron chi connectivity index (χ0n) is 14.4. The number of aromatic nitrogens is 2. The van der Waals surface area contributed by atoms with E-state index in [9.17, 15) is 5.11 Å². The minimum atomic E-state index is -0.106. The molecule has 126 valence electrons. The largest absolute Gasteiger partial charge is 0.497 e. The van der Waals surface area contributed by atoms with Crippen molar-refractivity contribution in [1.82, 2.24) is 14.7 Å². The fourth-order valence-electron chi connectivity index (χ4n) is 2.80. The Kier molecular flexibility index (Phi) is 5.63. The molecule has 6 nitrogen and oxygen atoms in total. The number of aliphatic hydroxyl groups is 1. The monoisotopic (exact) mass is 319 g/mol. The van der Waals surface area contributed by atoms with E-state index in [-0.39, 0.29) is 12.6 Å². The van der Waals surface area contributed by atoms with Gasteiger partial charge >= 0.3 is 0 Å². The van der Waals surface area contributed by atoms with Crippen LogP contribution in [0.2, 0.25) is 0 Å². The van der Waals surface area contributed by atoms with E-state index in [1.807, 2.05) is 45.3 Å². The summed E-state index contributed by atoms with van der Waals surface area (Å²) >= 11 is 0. The molecule has 1 N–H and O–H groups in total. The molecule has 0 aliphatic heterocycles. The van der Waals surface area contributed by atoms with Gasteiger partial charge in [-0.25, -0.2) is 4.68 Å². The van der Waals surface area contributed by atoms with Crippen LogP contribution in [0, 0.1) is 6.92 Å². The quantitative estimate of drug-likeness (QED) is 0.845. The van der Waals surface area contributed by atoms with Gasteiger partial charge in [-0.15, -0.1) is 0 Å². The Hall–Kier alpha value is -2.05. The van der Waals surface area contributed by atoms with E-state index in [0.717, 1.165) is 28.5 Å². The first kappa shape index (κ1) is 17.3. The summed E-state index contributed by atoms with van der Waals surface area (Å²) in [5, 5.41) is 14.2. The van der Waals surface area contributed by atoms with Crippen molar-refractivity contribution in [2.45, 2.75) is 19.5 Å². The Balaban J connectivity index is 2.21. The Labute approximate surface area is 137 Å². The lowest BCUT2D eigenvalue weighted by atomic mass is 10.1. The predicted molar refractivity (Wildman–Crippen MR) is 88.8 cm³/mol. The summed E-state index contributed by atoms with van der Waals surface area (Å²) in [6.45, 7) is 2.64. The first-order valence-corrected chi connectivity index (χ1v) is 7.53. The SMILES string of the molecule is COc1ccc(C(CO)N(C)Cc2c(C)nn(C)c2OC)cc1. The van der Waals surface area contributed by atoms with Gasteiger partial charge in [0.1, 0.15) is 5.75 Å². The topological polar surface area (TPSA) is 59.8 Å². The Morgan fingerprint density at radius 3 is 2.39 bits per heavy atom. The number of likely N-dealkylation sites (N-methyl/N-ethyl adjacent to an activating group) is 1. The minimum Gasteiger partial charge on any atom is -0.497 e. The Morgan fingerprint density at radius 2 is 1.87 bits per heavy atom. The minimum absolute atomic E-state index is 0.0322. The standard InChI is InChI=1S/C17H25N3O3/c1-12-15(17(23-5)20(3)18-12)10-19(2)16(11-21)13-6-8-14(22-4)9-7-13/h6-9,16,21H,10-11H2,1-5H3. The fourth-order valence-corrected chi connectivity index (χ4v) is 2.80. The van der Waals surface area contributed by atoms with Crippen LogP contribution in [0.4, 0.5) is 0 Å². The average Bonchev–Trinajstić information content (AvgIpc) is 2.82. The number of hydrogen-bond acceptors (Lipinski definition) is 5. The van der Waals surface area contributed by atoms with Gasteiger partial charge in [0.15, 0.2) is 0 Å². The smallest absolute Gasteiger partial charge is 0.216 e. The van der Waals surface area contributed by atoms with Crippen molar-refractivity contribution in [3.05, 3.63) is 41.1 Å². The molecule has 0 aliphatic carbocycles. The van der Waals surface area contributed by atoms with Crippen LogP contribution in [0.25, 0.3) is 0 Å². The molecule has 0 bridgehead atoms. The molecule has 1 unspecified atom stereocenters. The Bertz CT molecular complexity index is 637. The van der Waals surface area contributed by atoms with Gasteiger partial charge in [-0.2, -0.15) is 5.10 Å². The van der Waals surface area contributed by atoms with Crippen LogP contribution in [0.3, 0.4) is 0 Å². The molecule has 0 saturated heterocycles. The highest BCUT2D eigenvalue weighted by atomic mass is 16.5. The summed E-state index contributed by atoms with van der Waals surface area (Å²) in [5.41, 5.74) is 3.00. The van der Waals surface area contributed by atoms with Gasteiger partial charge in [0, 0.05) is 13.6 Å². The number of benzene rings is 1. The second-order valence-electron chi connectivity index (χ2n) is 5.58. The van der Waals surface area contributed by atoms with Crippen molar-refractivity contribution in [1.29, 1.82) is 0 Å². The van der Waals surface area contributed by atoms with E-state index < -0.39 is 0 Å². The summed E-state index contributed by atoms with van der Waals surface area (Å²) < 4.78 is 12.4. The molecule has 2 rings (SSSR count). The second kappa shape index (κ2) is 7.48. The molecule has 1 heterocycles. The molecular weight excluding hydrogens is 294 g/mol. The van der Waals surface area contributed by atoms with Crippen LogP contribution in [0.5, 0.6) is 11.6 Å². The van der Waals surface area contributed by atoms with Gasteiger partial charge in [0.2, 0.25) is 5.88 Å². The van der Waals surface area contributed by atoms with Crippen LogP contribution in [0.15, 0.2) is 24.3 Å². The van der Waals surface area contributed by atoms with Crippen LogP contribution in [-0.2, 0) is 13.6 Å². The maximum Gasteiger partial charge on any atom is 0.216 e. The van der Waals surface area contributed by atoms with Crippen LogP contribution in [-0.4, -0.2) is 47.7 Å². The van der Waals surface area contributed by atoms with Gasteiger partial charge in [-0.3, -0.25) is 4.90 Å². The third kappa shape index (κ3) is 3.65. The highest BCUT2D eigenvalue weighted by Gasteiger charge is 2.21. The highest BCUT2D eigenvalue weighted by molar-refractivity contribution is 5.32. The maximum absolute atomic E-state index is 9.83. The van der Waals surface area contributed by atoms with Crippen LogP contribution < -0.4 is 9.47 Å². The third-order valence-electron chi connectivity index (χ3n) is 4.10. The van der Waals surface area contributed by atoms with Gasteiger partial charge < -0.3 is 14.6 Å². The van der Waals surface area contributed by atoms with Gasteiger partial charge in [0.25, 0.3) is 0 Å². The molecule has 1 aromatic heterocycles. The second-order valence-corrected chi connectivity index (χ2v) is 5.58. The van der Waals surface area contributed by atoms with Gasteiger partial charge in [-0.05, 0) is 31.7 Å². The first-order valence-electron chi connectivity index (χ1n) is 7.53. The van der Waals surface area contributed by atoms with Gasteiger partial charge in [0.05, 0.1) is 38.1 Å². The van der Waals surface area contributed by atoms with E-state index >= 15 is 0 Å². The van der Waals surface area contributed by atoms with Crippen molar-refractivity contribution >= 4 is 0 Å². The van der Waals surface area contributed by atoms with E-state index in [0.29, 0.717) is 6.54 Å². The zero-order chi connectivity index (χ0) is 17.0. The lowest BCUT2D eigenvalue weighted by Gasteiger charge is -2.27. The van der Waals surface area contributed by atoms with Crippen molar-refractivity contribution in [3.63, 3.8) is 0 Å². The van der Waals surface area contributed by atoms with Crippen molar-refractivity contribution < 1.29 is 14.6 Å². The molecule has 0 aliphatic rings. The fraction of sp³-hybridized carbons (Fsp3) is 0.471. The van der Waals surface area contributed by atoms with Crippen molar-refractivity contribution in [2.24, 2.45) is 7.05 Å². The number of nitrogens with zero attached hydrogens (tertiary/aromatic N) is 3. The zero-order valence-corrected chi connectivity index (χ0v) is 14.4. The number of hydrogen-bond donors (Lipinski definition) is 1. The summed E-state index contributed by atoms with van der Waals surface area (Å²) in [7, 11) is 7.13. The summed E-state index contributed by atoms with van der Waals surface area (Å²) in [4.78, 5) is 2.09. The number of methoxy groups -OCH3 is 2. The average molecular weight is 319 g/mol.